The Kier molecular flexibility index (Phi) is 6.56. The summed E-state index contributed by atoms with van der Waals surface area (Å²) in [5.41, 5.74) is 0. The third kappa shape index (κ3) is 4.91. The fraction of sp³-hybridized carbons (Fsp3) is 0.875. The summed E-state index contributed by atoms with van der Waals surface area (Å²) in [4.78, 5) is 14.0. The summed E-state index contributed by atoms with van der Waals surface area (Å²) in [5.74, 6) is 0.0452. The van der Waals surface area contributed by atoms with Gasteiger partial charge in [0.1, 0.15) is 6.04 Å². The number of carbonyl (C=O) groups excluding carboxylic acids is 1. The van der Waals surface area contributed by atoms with E-state index in [0.29, 0.717) is 25.9 Å². The molecule has 1 atom stereocenters. The van der Waals surface area contributed by atoms with Gasteiger partial charge in [0.15, 0.2) is 0 Å². The summed E-state index contributed by atoms with van der Waals surface area (Å²) in [6.07, 6.45) is 4.36. The van der Waals surface area contributed by atoms with E-state index in [4.69, 9.17) is 0 Å². The van der Waals surface area contributed by atoms with Crippen LogP contribution in [-0.4, -0.2) is 42.9 Å². The first-order valence-corrected chi connectivity index (χ1v) is 8.30. The normalized spacial score (nSPS) is 23.2. The Hall–Kier alpha value is -1.22. The van der Waals surface area contributed by atoms with Crippen molar-refractivity contribution in [1.29, 1.82) is 5.26 Å². The van der Waals surface area contributed by atoms with Crippen molar-refractivity contribution in [2.75, 3.05) is 19.6 Å². The summed E-state index contributed by atoms with van der Waals surface area (Å²) in [5, 5.41) is 12.2. The third-order valence-corrected chi connectivity index (χ3v) is 4.91. The van der Waals surface area contributed by atoms with Gasteiger partial charge >= 0.3 is 0 Å². The maximum absolute atomic E-state index is 12.3. The van der Waals surface area contributed by atoms with Crippen molar-refractivity contribution in [3.63, 3.8) is 0 Å². The minimum Gasteiger partial charge on any atom is -0.340 e. The Morgan fingerprint density at radius 3 is 2.36 bits per heavy atom. The molecule has 0 bridgehead atoms. The SMILES string of the molecule is N#C[C@H](NC(=O)C1CCN(CC(F)F)CC1)C1CCCCC1. The van der Waals surface area contributed by atoms with E-state index in [1.54, 1.807) is 4.90 Å². The summed E-state index contributed by atoms with van der Waals surface area (Å²) < 4.78 is 24.7. The minimum absolute atomic E-state index is 0.0752. The van der Waals surface area contributed by atoms with E-state index in [1.165, 1.54) is 6.42 Å². The molecule has 1 aliphatic carbocycles. The Balaban J connectivity index is 1.78. The first-order chi connectivity index (χ1) is 10.6. The second-order valence-corrected chi connectivity index (χ2v) is 6.48. The Morgan fingerprint density at radius 1 is 1.18 bits per heavy atom. The molecule has 4 nitrogen and oxygen atoms in total. The predicted molar refractivity (Wildman–Crippen MR) is 79.3 cm³/mol. The molecule has 0 aromatic carbocycles. The highest BCUT2D eigenvalue weighted by molar-refractivity contribution is 5.79. The van der Waals surface area contributed by atoms with Crippen LogP contribution in [0.3, 0.4) is 0 Å². The first kappa shape index (κ1) is 17.1. The average molecular weight is 313 g/mol. The molecule has 0 aromatic heterocycles. The quantitative estimate of drug-likeness (QED) is 0.848. The number of hydrogen-bond donors (Lipinski definition) is 1. The van der Waals surface area contributed by atoms with Crippen LogP contribution in [0.4, 0.5) is 8.78 Å². The number of hydrogen-bond acceptors (Lipinski definition) is 3. The van der Waals surface area contributed by atoms with Gasteiger partial charge in [0.05, 0.1) is 12.6 Å². The van der Waals surface area contributed by atoms with Gasteiger partial charge < -0.3 is 5.32 Å². The summed E-state index contributed by atoms with van der Waals surface area (Å²) in [6, 6.07) is 1.84. The Morgan fingerprint density at radius 2 is 1.82 bits per heavy atom. The van der Waals surface area contributed by atoms with Crippen molar-refractivity contribution in [1.82, 2.24) is 10.2 Å². The third-order valence-electron chi connectivity index (χ3n) is 4.91. The van der Waals surface area contributed by atoms with Crippen molar-refractivity contribution in [2.24, 2.45) is 11.8 Å². The smallest absolute Gasteiger partial charge is 0.251 e. The fourth-order valence-corrected chi connectivity index (χ4v) is 3.57. The number of nitrogens with one attached hydrogen (secondary N) is 1. The van der Waals surface area contributed by atoms with Gasteiger partial charge in [0, 0.05) is 5.92 Å². The zero-order valence-electron chi connectivity index (χ0n) is 12.9. The molecule has 1 N–H and O–H groups in total. The Labute approximate surface area is 130 Å². The topological polar surface area (TPSA) is 56.1 Å². The highest BCUT2D eigenvalue weighted by Crippen LogP contribution is 2.27. The van der Waals surface area contributed by atoms with E-state index in [0.717, 1.165) is 25.7 Å². The van der Waals surface area contributed by atoms with Crippen LogP contribution >= 0.6 is 0 Å². The van der Waals surface area contributed by atoms with Crippen LogP contribution in [0, 0.1) is 23.2 Å². The van der Waals surface area contributed by atoms with Crippen LogP contribution in [0.2, 0.25) is 0 Å². The van der Waals surface area contributed by atoms with Crippen LogP contribution in [0.1, 0.15) is 44.9 Å². The summed E-state index contributed by atoms with van der Waals surface area (Å²) in [6.45, 7) is 0.851. The molecule has 0 radical (unpaired) electrons. The predicted octanol–water partition coefficient (Wildman–Crippen LogP) is 2.55. The lowest BCUT2D eigenvalue weighted by molar-refractivity contribution is -0.127. The van der Waals surface area contributed by atoms with Gasteiger partial charge in [0.25, 0.3) is 6.43 Å². The molecular weight excluding hydrogens is 288 g/mol. The van der Waals surface area contributed by atoms with Crippen LogP contribution in [-0.2, 0) is 4.79 Å². The first-order valence-electron chi connectivity index (χ1n) is 8.30. The molecule has 1 saturated carbocycles. The van der Waals surface area contributed by atoms with Crippen LogP contribution in [0.5, 0.6) is 0 Å². The van der Waals surface area contributed by atoms with Gasteiger partial charge in [-0.2, -0.15) is 5.26 Å². The molecule has 6 heteroatoms. The van der Waals surface area contributed by atoms with E-state index in [1.807, 2.05) is 0 Å². The molecule has 1 saturated heterocycles. The molecular formula is C16H25F2N3O. The number of rotatable bonds is 5. The molecule has 2 fully saturated rings. The van der Waals surface area contributed by atoms with Crippen LogP contribution in [0.15, 0.2) is 0 Å². The van der Waals surface area contributed by atoms with Crippen molar-refractivity contribution < 1.29 is 13.6 Å². The number of nitrogens with zero attached hydrogens (tertiary/aromatic N) is 2. The van der Waals surface area contributed by atoms with E-state index >= 15 is 0 Å². The van der Waals surface area contributed by atoms with Gasteiger partial charge in [-0.1, -0.05) is 19.3 Å². The maximum Gasteiger partial charge on any atom is 0.251 e. The van der Waals surface area contributed by atoms with Crippen LogP contribution < -0.4 is 5.32 Å². The van der Waals surface area contributed by atoms with E-state index < -0.39 is 12.5 Å². The number of alkyl halides is 2. The number of halogens is 2. The summed E-state index contributed by atoms with van der Waals surface area (Å²) >= 11 is 0. The number of amides is 1. The number of likely N-dealkylation sites (tertiary alicyclic amines) is 1. The van der Waals surface area contributed by atoms with Crippen molar-refractivity contribution in [2.45, 2.75) is 57.4 Å². The second kappa shape index (κ2) is 8.42. The molecule has 2 rings (SSSR count). The molecule has 1 aliphatic heterocycles. The molecule has 0 spiro atoms. The van der Waals surface area contributed by atoms with Crippen molar-refractivity contribution in [3.8, 4) is 6.07 Å². The molecule has 1 amide bonds. The van der Waals surface area contributed by atoms with E-state index in [9.17, 15) is 18.8 Å². The fourth-order valence-electron chi connectivity index (χ4n) is 3.57. The van der Waals surface area contributed by atoms with Gasteiger partial charge in [-0.25, -0.2) is 8.78 Å². The molecule has 0 unspecified atom stereocenters. The zero-order valence-corrected chi connectivity index (χ0v) is 12.9. The van der Waals surface area contributed by atoms with Crippen LogP contribution in [0.25, 0.3) is 0 Å². The van der Waals surface area contributed by atoms with Crippen molar-refractivity contribution >= 4 is 5.91 Å². The molecule has 22 heavy (non-hydrogen) atoms. The molecule has 0 aromatic rings. The molecule has 124 valence electrons. The van der Waals surface area contributed by atoms with Gasteiger partial charge in [-0.3, -0.25) is 9.69 Å². The lowest BCUT2D eigenvalue weighted by Gasteiger charge is -2.32. The second-order valence-electron chi connectivity index (χ2n) is 6.48. The number of piperidine rings is 1. The highest BCUT2D eigenvalue weighted by atomic mass is 19.3. The minimum atomic E-state index is -2.32. The molecule has 2 aliphatic rings. The standard InChI is InChI=1S/C16H25F2N3O/c17-15(18)11-21-8-6-13(7-9-21)16(22)20-14(10-19)12-4-2-1-3-5-12/h12-15H,1-9,11H2,(H,20,22)/t14-/m0/s1. The van der Waals surface area contributed by atoms with E-state index in [2.05, 4.69) is 11.4 Å². The van der Waals surface area contributed by atoms with Crippen molar-refractivity contribution in [3.05, 3.63) is 0 Å². The lowest BCUT2D eigenvalue weighted by Crippen LogP contribution is -2.46. The monoisotopic (exact) mass is 313 g/mol. The Bertz CT molecular complexity index is 397. The summed E-state index contributed by atoms with van der Waals surface area (Å²) in [7, 11) is 0. The maximum atomic E-state index is 12.3. The number of nitriles is 1. The van der Waals surface area contributed by atoms with Gasteiger partial charge in [-0.05, 0) is 44.7 Å². The number of carbonyl (C=O) groups is 1. The van der Waals surface area contributed by atoms with Gasteiger partial charge in [-0.15, -0.1) is 0 Å². The molecule has 1 heterocycles. The lowest BCUT2D eigenvalue weighted by atomic mass is 9.84. The highest BCUT2D eigenvalue weighted by Gasteiger charge is 2.30. The zero-order chi connectivity index (χ0) is 15.9. The van der Waals surface area contributed by atoms with Gasteiger partial charge in [0.2, 0.25) is 5.91 Å². The van der Waals surface area contributed by atoms with E-state index in [-0.39, 0.29) is 24.3 Å². The average Bonchev–Trinajstić information content (AvgIpc) is 2.53. The largest absolute Gasteiger partial charge is 0.340 e.